The van der Waals surface area contributed by atoms with Crippen molar-refractivity contribution in [3.8, 4) is 0 Å². The van der Waals surface area contributed by atoms with E-state index in [9.17, 15) is 8.78 Å². The van der Waals surface area contributed by atoms with E-state index in [-0.39, 0.29) is 5.56 Å². The number of benzene rings is 1. The molecule has 116 valence electrons. The molecule has 2 aliphatic rings. The number of likely N-dealkylation sites (tertiary alicyclic amines) is 1. The molecule has 2 heterocycles. The van der Waals surface area contributed by atoms with Crippen LogP contribution < -0.4 is 5.32 Å². The number of alkyl halides is 2. The average molecular weight is 294 g/mol. The average Bonchev–Trinajstić information content (AvgIpc) is 2.49. The predicted octanol–water partition coefficient (Wildman–Crippen LogP) is 3.59. The molecule has 1 N–H and O–H groups in total. The highest BCUT2D eigenvalue weighted by atomic mass is 19.3. The van der Waals surface area contributed by atoms with Gasteiger partial charge >= 0.3 is 0 Å². The lowest BCUT2D eigenvalue weighted by molar-refractivity contribution is 0.0600. The van der Waals surface area contributed by atoms with Gasteiger partial charge in [0.05, 0.1) is 0 Å². The van der Waals surface area contributed by atoms with Crippen molar-refractivity contribution in [1.29, 1.82) is 0 Å². The molecule has 0 aliphatic carbocycles. The summed E-state index contributed by atoms with van der Waals surface area (Å²) in [5.74, 6) is 0. The monoisotopic (exact) mass is 294 g/mol. The minimum absolute atomic E-state index is 0.116. The second-order valence-electron chi connectivity index (χ2n) is 6.64. The van der Waals surface area contributed by atoms with Crippen LogP contribution in [0.15, 0.2) is 24.3 Å². The minimum atomic E-state index is -2.37. The van der Waals surface area contributed by atoms with E-state index in [2.05, 4.69) is 10.2 Å². The van der Waals surface area contributed by atoms with Crippen LogP contribution in [-0.4, -0.2) is 31.1 Å². The molecular weight excluding hydrogens is 270 g/mol. The molecule has 2 saturated heterocycles. The molecule has 1 aromatic carbocycles. The molecular formula is C17H24F2N2. The number of hydrogen-bond donors (Lipinski definition) is 1. The van der Waals surface area contributed by atoms with Gasteiger partial charge in [0, 0.05) is 25.2 Å². The molecule has 3 rings (SSSR count). The fourth-order valence-electron chi connectivity index (χ4n) is 3.85. The Morgan fingerprint density at radius 2 is 1.90 bits per heavy atom. The number of halogens is 2. The van der Waals surface area contributed by atoms with Crippen LogP contribution in [0, 0.1) is 5.41 Å². The van der Waals surface area contributed by atoms with E-state index < -0.39 is 6.43 Å². The molecule has 1 spiro atoms. The molecule has 1 atom stereocenters. The summed E-state index contributed by atoms with van der Waals surface area (Å²) in [6, 6.07) is 6.81. The van der Waals surface area contributed by atoms with E-state index in [1.165, 1.54) is 25.7 Å². The number of hydrogen-bond acceptors (Lipinski definition) is 2. The lowest BCUT2D eigenvalue weighted by atomic mass is 9.74. The van der Waals surface area contributed by atoms with E-state index in [1.54, 1.807) is 12.1 Å². The van der Waals surface area contributed by atoms with Crippen LogP contribution in [0.1, 0.15) is 43.2 Å². The first kappa shape index (κ1) is 14.9. The fourth-order valence-corrected chi connectivity index (χ4v) is 3.85. The van der Waals surface area contributed by atoms with Crippen LogP contribution in [0.3, 0.4) is 0 Å². The Labute approximate surface area is 125 Å². The third kappa shape index (κ3) is 3.61. The van der Waals surface area contributed by atoms with Crippen molar-refractivity contribution >= 4 is 0 Å². The van der Waals surface area contributed by atoms with Gasteiger partial charge in [-0.3, -0.25) is 4.90 Å². The van der Waals surface area contributed by atoms with Gasteiger partial charge in [0.2, 0.25) is 0 Å². The summed E-state index contributed by atoms with van der Waals surface area (Å²) in [6.07, 6.45) is 2.79. The highest BCUT2D eigenvalue weighted by molar-refractivity contribution is 5.23. The Hall–Kier alpha value is -1.00. The molecule has 1 unspecified atom stereocenters. The number of nitrogens with one attached hydrogen (secondary N) is 1. The zero-order valence-corrected chi connectivity index (χ0v) is 12.5. The van der Waals surface area contributed by atoms with Crippen molar-refractivity contribution in [1.82, 2.24) is 10.2 Å². The molecule has 2 nitrogen and oxygen atoms in total. The van der Waals surface area contributed by atoms with Gasteiger partial charge in [0.1, 0.15) is 0 Å². The Morgan fingerprint density at radius 1 is 1.14 bits per heavy atom. The second kappa shape index (κ2) is 6.41. The highest BCUT2D eigenvalue weighted by Gasteiger charge is 2.36. The summed E-state index contributed by atoms with van der Waals surface area (Å²) in [5.41, 5.74) is 1.70. The molecule has 0 amide bonds. The van der Waals surface area contributed by atoms with Crippen molar-refractivity contribution in [2.45, 2.75) is 38.7 Å². The third-order valence-electron chi connectivity index (χ3n) is 4.94. The standard InChI is InChI=1S/C17H24F2N2/c18-16(19)15-5-3-14(4-6-15)11-21-10-2-8-17(13-21)7-1-9-20-12-17/h3-6,16,20H,1-2,7-13H2. The first-order chi connectivity index (χ1) is 10.2. The van der Waals surface area contributed by atoms with Crippen molar-refractivity contribution in [3.05, 3.63) is 35.4 Å². The Kier molecular flexibility index (Phi) is 4.55. The van der Waals surface area contributed by atoms with Gasteiger partial charge in [-0.2, -0.15) is 0 Å². The van der Waals surface area contributed by atoms with Crippen LogP contribution in [-0.2, 0) is 6.54 Å². The molecule has 0 bridgehead atoms. The van der Waals surface area contributed by atoms with Gasteiger partial charge in [-0.15, -0.1) is 0 Å². The van der Waals surface area contributed by atoms with E-state index >= 15 is 0 Å². The van der Waals surface area contributed by atoms with Crippen molar-refractivity contribution in [2.75, 3.05) is 26.2 Å². The SMILES string of the molecule is FC(F)c1ccc(CN2CCCC3(CCCNC3)C2)cc1. The minimum Gasteiger partial charge on any atom is -0.316 e. The third-order valence-corrected chi connectivity index (χ3v) is 4.94. The lowest BCUT2D eigenvalue weighted by Crippen LogP contribution is -2.50. The van der Waals surface area contributed by atoms with Gasteiger partial charge in [-0.25, -0.2) is 8.78 Å². The van der Waals surface area contributed by atoms with E-state index in [1.807, 2.05) is 12.1 Å². The largest absolute Gasteiger partial charge is 0.316 e. The first-order valence-corrected chi connectivity index (χ1v) is 7.97. The van der Waals surface area contributed by atoms with E-state index in [0.29, 0.717) is 5.41 Å². The molecule has 0 radical (unpaired) electrons. The van der Waals surface area contributed by atoms with E-state index in [4.69, 9.17) is 0 Å². The number of rotatable bonds is 3. The molecule has 1 aromatic rings. The maximum Gasteiger partial charge on any atom is 0.263 e. The Balaban J connectivity index is 1.61. The van der Waals surface area contributed by atoms with Gasteiger partial charge in [-0.1, -0.05) is 24.3 Å². The van der Waals surface area contributed by atoms with Gasteiger partial charge in [0.15, 0.2) is 0 Å². The molecule has 4 heteroatoms. The highest BCUT2D eigenvalue weighted by Crippen LogP contribution is 2.36. The fraction of sp³-hybridized carbons (Fsp3) is 0.647. The van der Waals surface area contributed by atoms with Crippen LogP contribution >= 0.6 is 0 Å². The maximum atomic E-state index is 12.6. The summed E-state index contributed by atoms with van der Waals surface area (Å²) in [5, 5.41) is 3.54. The smallest absolute Gasteiger partial charge is 0.263 e. The van der Waals surface area contributed by atoms with Crippen LogP contribution in [0.25, 0.3) is 0 Å². The normalized spacial score (nSPS) is 27.4. The Bertz CT molecular complexity index is 447. The van der Waals surface area contributed by atoms with Crippen molar-refractivity contribution in [2.24, 2.45) is 5.41 Å². The van der Waals surface area contributed by atoms with Gasteiger partial charge in [0.25, 0.3) is 6.43 Å². The topological polar surface area (TPSA) is 15.3 Å². The maximum absolute atomic E-state index is 12.6. The molecule has 0 saturated carbocycles. The zero-order chi connectivity index (χ0) is 14.7. The van der Waals surface area contributed by atoms with E-state index in [0.717, 1.165) is 38.3 Å². The van der Waals surface area contributed by atoms with Crippen LogP contribution in [0.2, 0.25) is 0 Å². The first-order valence-electron chi connectivity index (χ1n) is 7.97. The molecule has 2 fully saturated rings. The summed E-state index contributed by atoms with van der Waals surface area (Å²) in [7, 11) is 0. The van der Waals surface area contributed by atoms with Crippen LogP contribution in [0.5, 0.6) is 0 Å². The summed E-state index contributed by atoms with van der Waals surface area (Å²) in [6.45, 7) is 5.42. The Morgan fingerprint density at radius 3 is 2.57 bits per heavy atom. The van der Waals surface area contributed by atoms with Gasteiger partial charge < -0.3 is 5.32 Å². The summed E-state index contributed by atoms with van der Waals surface area (Å²) < 4.78 is 25.2. The molecule has 0 aromatic heterocycles. The predicted molar refractivity (Wildman–Crippen MR) is 80.4 cm³/mol. The lowest BCUT2D eigenvalue weighted by Gasteiger charge is -2.45. The van der Waals surface area contributed by atoms with Crippen molar-refractivity contribution in [3.63, 3.8) is 0 Å². The number of nitrogens with zero attached hydrogens (tertiary/aromatic N) is 1. The molecule has 21 heavy (non-hydrogen) atoms. The zero-order valence-electron chi connectivity index (χ0n) is 12.5. The quantitative estimate of drug-likeness (QED) is 0.916. The van der Waals surface area contributed by atoms with Crippen molar-refractivity contribution < 1.29 is 8.78 Å². The van der Waals surface area contributed by atoms with Crippen LogP contribution in [0.4, 0.5) is 8.78 Å². The summed E-state index contributed by atoms with van der Waals surface area (Å²) >= 11 is 0. The molecule has 2 aliphatic heterocycles. The second-order valence-corrected chi connectivity index (χ2v) is 6.64. The summed E-state index contributed by atoms with van der Waals surface area (Å²) in [4.78, 5) is 2.49. The number of piperidine rings is 2. The van der Waals surface area contributed by atoms with Gasteiger partial charge in [-0.05, 0) is 49.8 Å².